The average molecular weight is 328 g/mol. The molecule has 0 amide bonds. The highest BCUT2D eigenvalue weighted by molar-refractivity contribution is 8.07. The summed E-state index contributed by atoms with van der Waals surface area (Å²) in [5.41, 5.74) is 6.21. The minimum Gasteiger partial charge on any atom is -0.339 e. The molecular formula is C15H25N3OS2. The Labute approximate surface area is 135 Å². The van der Waals surface area contributed by atoms with Gasteiger partial charge in [0.25, 0.3) is 0 Å². The first-order chi connectivity index (χ1) is 10.1. The summed E-state index contributed by atoms with van der Waals surface area (Å²) in [6.45, 7) is 4.58. The molecule has 0 bridgehead atoms. The molecule has 1 aromatic heterocycles. The number of aromatic nitrogens is 2. The van der Waals surface area contributed by atoms with Crippen molar-refractivity contribution >= 4 is 23.5 Å². The molecule has 0 aromatic carbocycles. The van der Waals surface area contributed by atoms with Gasteiger partial charge in [-0.1, -0.05) is 31.8 Å². The Bertz CT molecular complexity index is 468. The summed E-state index contributed by atoms with van der Waals surface area (Å²) in [7, 11) is 0. The van der Waals surface area contributed by atoms with E-state index < -0.39 is 0 Å². The van der Waals surface area contributed by atoms with E-state index in [4.69, 9.17) is 10.3 Å². The Kier molecular flexibility index (Phi) is 5.17. The molecule has 2 heterocycles. The van der Waals surface area contributed by atoms with E-state index in [1.54, 1.807) is 0 Å². The number of hydrogen-bond donors (Lipinski definition) is 1. The Balaban J connectivity index is 1.61. The van der Waals surface area contributed by atoms with Crippen molar-refractivity contribution < 1.29 is 4.52 Å². The van der Waals surface area contributed by atoms with Gasteiger partial charge < -0.3 is 10.3 Å². The third-order valence-corrected chi connectivity index (χ3v) is 8.11. The van der Waals surface area contributed by atoms with Crippen LogP contribution in [0.5, 0.6) is 0 Å². The summed E-state index contributed by atoms with van der Waals surface area (Å²) < 4.78 is 5.49. The minimum absolute atomic E-state index is 0.301. The maximum atomic E-state index is 6.21. The molecule has 0 spiro atoms. The number of thioether (sulfide) groups is 2. The monoisotopic (exact) mass is 327 g/mol. The van der Waals surface area contributed by atoms with Crippen LogP contribution < -0.4 is 5.73 Å². The lowest BCUT2D eigenvalue weighted by atomic mass is 9.83. The molecule has 2 aliphatic rings. The summed E-state index contributed by atoms with van der Waals surface area (Å²) in [6, 6.07) is 0.301. The Hall–Kier alpha value is -0.200. The maximum absolute atomic E-state index is 6.21. The Morgan fingerprint density at radius 2 is 2.05 bits per heavy atom. The summed E-state index contributed by atoms with van der Waals surface area (Å²) >= 11 is 3.99. The van der Waals surface area contributed by atoms with Gasteiger partial charge in [0.15, 0.2) is 5.82 Å². The molecule has 4 nitrogen and oxygen atoms in total. The fraction of sp³-hybridized carbons (Fsp3) is 0.867. The van der Waals surface area contributed by atoms with E-state index in [1.165, 1.54) is 19.3 Å². The van der Waals surface area contributed by atoms with Crippen molar-refractivity contribution in [1.29, 1.82) is 0 Å². The second-order valence-corrected chi connectivity index (χ2v) is 9.32. The maximum Gasteiger partial charge on any atom is 0.227 e. The van der Waals surface area contributed by atoms with Crippen LogP contribution in [0.25, 0.3) is 0 Å². The van der Waals surface area contributed by atoms with Gasteiger partial charge in [0.2, 0.25) is 5.89 Å². The Morgan fingerprint density at radius 1 is 1.24 bits per heavy atom. The van der Waals surface area contributed by atoms with E-state index in [-0.39, 0.29) is 0 Å². The van der Waals surface area contributed by atoms with Gasteiger partial charge in [0.05, 0.1) is 5.25 Å². The molecule has 1 aliphatic heterocycles. The fourth-order valence-electron chi connectivity index (χ4n) is 3.11. The van der Waals surface area contributed by atoms with Crippen molar-refractivity contribution in [3.63, 3.8) is 0 Å². The lowest BCUT2D eigenvalue weighted by Crippen LogP contribution is -2.34. The first-order valence-corrected chi connectivity index (χ1v) is 9.97. The van der Waals surface area contributed by atoms with Crippen LogP contribution in [-0.4, -0.2) is 32.4 Å². The summed E-state index contributed by atoms with van der Waals surface area (Å²) in [5, 5.41) is 5.95. The van der Waals surface area contributed by atoms with Gasteiger partial charge in [0.1, 0.15) is 0 Å². The second-order valence-electron chi connectivity index (χ2n) is 6.33. The number of nitrogens with two attached hydrogens (primary N) is 1. The summed E-state index contributed by atoms with van der Waals surface area (Å²) in [4.78, 5) is 4.65. The SMILES string of the molecule is CC1SCC(c2noc(CC3CCCCC3N)n2)SC1C. The van der Waals surface area contributed by atoms with Gasteiger partial charge in [-0.2, -0.15) is 16.7 Å². The molecule has 1 saturated carbocycles. The number of nitrogens with zero attached hydrogens (tertiary/aromatic N) is 2. The molecule has 2 N–H and O–H groups in total. The van der Waals surface area contributed by atoms with Crippen LogP contribution in [0.3, 0.4) is 0 Å². The van der Waals surface area contributed by atoms with Gasteiger partial charge in [-0.15, -0.1) is 11.8 Å². The van der Waals surface area contributed by atoms with E-state index in [0.717, 1.165) is 30.3 Å². The molecular weight excluding hydrogens is 302 g/mol. The smallest absolute Gasteiger partial charge is 0.227 e. The summed E-state index contributed by atoms with van der Waals surface area (Å²) in [5.74, 6) is 3.26. The van der Waals surface area contributed by atoms with Crippen molar-refractivity contribution in [1.82, 2.24) is 10.1 Å². The van der Waals surface area contributed by atoms with Crippen molar-refractivity contribution in [2.75, 3.05) is 5.75 Å². The van der Waals surface area contributed by atoms with Gasteiger partial charge in [-0.3, -0.25) is 0 Å². The lowest BCUT2D eigenvalue weighted by molar-refractivity contribution is 0.272. The highest BCUT2D eigenvalue weighted by Crippen LogP contribution is 2.43. The van der Waals surface area contributed by atoms with E-state index in [9.17, 15) is 0 Å². The van der Waals surface area contributed by atoms with Crippen molar-refractivity contribution in [3.05, 3.63) is 11.7 Å². The second kappa shape index (κ2) is 6.92. The van der Waals surface area contributed by atoms with Crippen LogP contribution in [0, 0.1) is 5.92 Å². The zero-order valence-corrected chi connectivity index (χ0v) is 14.5. The van der Waals surface area contributed by atoms with Crippen molar-refractivity contribution in [2.45, 2.75) is 67.7 Å². The predicted octanol–water partition coefficient (Wildman–Crippen LogP) is 3.43. The highest BCUT2D eigenvalue weighted by Gasteiger charge is 2.30. The van der Waals surface area contributed by atoms with E-state index >= 15 is 0 Å². The third-order valence-electron chi connectivity index (χ3n) is 4.73. The molecule has 1 saturated heterocycles. The Morgan fingerprint density at radius 3 is 2.81 bits per heavy atom. The van der Waals surface area contributed by atoms with Crippen LogP contribution in [0.4, 0.5) is 0 Å². The normalized spacial score (nSPS) is 37.6. The molecule has 0 radical (unpaired) electrons. The van der Waals surface area contributed by atoms with E-state index in [0.29, 0.717) is 27.7 Å². The van der Waals surface area contributed by atoms with Gasteiger partial charge in [-0.25, -0.2) is 0 Å². The van der Waals surface area contributed by atoms with Crippen LogP contribution in [-0.2, 0) is 6.42 Å². The molecule has 118 valence electrons. The standard InChI is InChI=1S/C15H25N3OS2/c1-9-10(2)21-13(8-20-9)15-17-14(19-18-15)7-11-5-3-4-6-12(11)16/h9-13H,3-8,16H2,1-2H3. The first kappa shape index (κ1) is 15.7. The zero-order valence-electron chi connectivity index (χ0n) is 12.8. The molecule has 1 aliphatic carbocycles. The molecule has 1 aromatic rings. The highest BCUT2D eigenvalue weighted by atomic mass is 32.2. The number of rotatable bonds is 3. The third kappa shape index (κ3) is 3.77. The van der Waals surface area contributed by atoms with Crippen LogP contribution >= 0.6 is 23.5 Å². The van der Waals surface area contributed by atoms with Gasteiger partial charge >= 0.3 is 0 Å². The topological polar surface area (TPSA) is 64.9 Å². The van der Waals surface area contributed by atoms with E-state index in [1.807, 2.05) is 23.5 Å². The lowest BCUT2D eigenvalue weighted by Gasteiger charge is -2.29. The molecule has 3 rings (SSSR count). The molecule has 6 heteroatoms. The molecule has 5 atom stereocenters. The quantitative estimate of drug-likeness (QED) is 0.917. The molecule has 2 fully saturated rings. The van der Waals surface area contributed by atoms with Crippen molar-refractivity contribution in [3.8, 4) is 0 Å². The first-order valence-electron chi connectivity index (χ1n) is 7.98. The van der Waals surface area contributed by atoms with Crippen LogP contribution in [0.15, 0.2) is 4.52 Å². The number of hydrogen-bond acceptors (Lipinski definition) is 6. The average Bonchev–Trinajstić information content (AvgIpc) is 2.93. The largest absolute Gasteiger partial charge is 0.339 e. The molecule has 5 unspecified atom stereocenters. The van der Waals surface area contributed by atoms with Gasteiger partial charge in [-0.05, 0) is 18.8 Å². The minimum atomic E-state index is 0.301. The fourth-order valence-corrected chi connectivity index (χ4v) is 5.95. The predicted molar refractivity (Wildman–Crippen MR) is 89.6 cm³/mol. The van der Waals surface area contributed by atoms with Gasteiger partial charge in [0, 0.05) is 28.7 Å². The molecule has 21 heavy (non-hydrogen) atoms. The van der Waals surface area contributed by atoms with Crippen LogP contribution in [0.1, 0.15) is 56.5 Å². The van der Waals surface area contributed by atoms with Crippen molar-refractivity contribution in [2.24, 2.45) is 11.7 Å². The van der Waals surface area contributed by atoms with E-state index in [2.05, 4.69) is 24.0 Å². The summed E-state index contributed by atoms with van der Waals surface area (Å²) in [6.07, 6.45) is 5.73. The van der Waals surface area contributed by atoms with Crippen LogP contribution in [0.2, 0.25) is 0 Å². The zero-order chi connectivity index (χ0) is 14.8.